The largest absolute Gasteiger partial charge is 0.359 e. The van der Waals surface area contributed by atoms with Crippen LogP contribution in [0, 0.1) is 5.82 Å². The molecule has 0 radical (unpaired) electrons. The monoisotopic (exact) mass is 423 g/mol. The number of amides is 1. The standard InChI is InChI=1S/C17H15BrFN3O2S/c1-9(2)20-16(23)12-8-25-17(21-12)14-13(7-18)24-22-15(14)10-3-5-11(19)6-4-10/h3-6,8-9H,7H2,1-2H3,(H,20,23). The van der Waals surface area contributed by atoms with Crippen molar-refractivity contribution >= 4 is 33.2 Å². The van der Waals surface area contributed by atoms with Gasteiger partial charge in [0.05, 0.1) is 10.9 Å². The average molecular weight is 424 g/mol. The minimum absolute atomic E-state index is 0.0288. The third kappa shape index (κ3) is 3.80. The Balaban J connectivity index is 2.02. The lowest BCUT2D eigenvalue weighted by Crippen LogP contribution is -2.30. The second kappa shape index (κ2) is 7.45. The number of thiazole rings is 1. The van der Waals surface area contributed by atoms with Crippen LogP contribution in [0.1, 0.15) is 30.1 Å². The summed E-state index contributed by atoms with van der Waals surface area (Å²) in [7, 11) is 0. The Kier molecular flexibility index (Phi) is 5.29. The van der Waals surface area contributed by atoms with E-state index in [4.69, 9.17) is 4.52 Å². The summed E-state index contributed by atoms with van der Waals surface area (Å²) in [5.41, 5.74) is 2.34. The van der Waals surface area contributed by atoms with Crippen molar-refractivity contribution in [3.8, 4) is 21.8 Å². The van der Waals surface area contributed by atoms with Gasteiger partial charge in [-0.2, -0.15) is 0 Å². The molecule has 3 rings (SSSR count). The molecular weight excluding hydrogens is 409 g/mol. The zero-order chi connectivity index (χ0) is 18.0. The van der Waals surface area contributed by atoms with Crippen LogP contribution in [0.5, 0.6) is 0 Å². The van der Waals surface area contributed by atoms with E-state index in [1.165, 1.54) is 23.5 Å². The summed E-state index contributed by atoms with van der Waals surface area (Å²) >= 11 is 4.71. The van der Waals surface area contributed by atoms with E-state index < -0.39 is 0 Å². The Morgan fingerprint density at radius 3 is 2.72 bits per heavy atom. The van der Waals surface area contributed by atoms with Gasteiger partial charge in [-0.3, -0.25) is 4.79 Å². The highest BCUT2D eigenvalue weighted by molar-refractivity contribution is 9.08. The number of hydrogen-bond acceptors (Lipinski definition) is 5. The topological polar surface area (TPSA) is 68.0 Å². The van der Waals surface area contributed by atoms with Crippen LogP contribution in [0.15, 0.2) is 34.2 Å². The van der Waals surface area contributed by atoms with Gasteiger partial charge in [-0.1, -0.05) is 21.1 Å². The summed E-state index contributed by atoms with van der Waals surface area (Å²) in [5.74, 6) is 0.0542. The van der Waals surface area contributed by atoms with Crippen LogP contribution in [0.4, 0.5) is 4.39 Å². The molecule has 0 fully saturated rings. The van der Waals surface area contributed by atoms with Gasteiger partial charge in [0, 0.05) is 17.0 Å². The molecule has 0 atom stereocenters. The number of aromatic nitrogens is 2. The predicted octanol–water partition coefficient (Wildman–Crippen LogP) is 4.64. The van der Waals surface area contributed by atoms with E-state index in [1.54, 1.807) is 17.5 Å². The highest BCUT2D eigenvalue weighted by Crippen LogP contribution is 2.37. The second-order valence-corrected chi connectivity index (χ2v) is 7.05. The second-order valence-electron chi connectivity index (χ2n) is 5.64. The lowest BCUT2D eigenvalue weighted by atomic mass is 10.1. The highest BCUT2D eigenvalue weighted by atomic mass is 79.9. The van der Waals surface area contributed by atoms with E-state index in [1.807, 2.05) is 13.8 Å². The molecule has 2 aromatic heterocycles. The molecule has 0 aliphatic rings. The van der Waals surface area contributed by atoms with Crippen molar-refractivity contribution in [2.45, 2.75) is 25.2 Å². The molecule has 3 aromatic rings. The van der Waals surface area contributed by atoms with Crippen molar-refractivity contribution in [2.24, 2.45) is 0 Å². The normalized spacial score (nSPS) is 11.1. The Bertz CT molecular complexity index is 890. The smallest absolute Gasteiger partial charge is 0.270 e. The lowest BCUT2D eigenvalue weighted by molar-refractivity contribution is 0.0939. The molecule has 25 heavy (non-hydrogen) atoms. The van der Waals surface area contributed by atoms with Crippen molar-refractivity contribution in [1.82, 2.24) is 15.5 Å². The maximum atomic E-state index is 13.2. The molecule has 1 amide bonds. The number of alkyl halides is 1. The molecule has 0 spiro atoms. The number of rotatable bonds is 5. The van der Waals surface area contributed by atoms with Crippen molar-refractivity contribution in [3.63, 3.8) is 0 Å². The molecule has 0 unspecified atom stereocenters. The fourth-order valence-corrected chi connectivity index (χ4v) is 3.51. The first-order chi connectivity index (χ1) is 12.0. The van der Waals surface area contributed by atoms with Gasteiger partial charge in [-0.25, -0.2) is 9.37 Å². The van der Waals surface area contributed by atoms with E-state index in [-0.39, 0.29) is 17.8 Å². The van der Waals surface area contributed by atoms with Crippen LogP contribution in [0.25, 0.3) is 21.8 Å². The van der Waals surface area contributed by atoms with Crippen molar-refractivity contribution in [3.05, 3.63) is 46.9 Å². The number of benzene rings is 1. The minimum Gasteiger partial charge on any atom is -0.359 e. The predicted molar refractivity (Wildman–Crippen MR) is 98.2 cm³/mol. The Morgan fingerprint density at radius 2 is 2.08 bits per heavy atom. The number of nitrogens with zero attached hydrogens (tertiary/aromatic N) is 2. The molecule has 8 heteroatoms. The van der Waals surface area contributed by atoms with Crippen LogP contribution >= 0.6 is 27.3 Å². The highest BCUT2D eigenvalue weighted by Gasteiger charge is 2.22. The molecule has 2 heterocycles. The number of nitrogens with one attached hydrogen (secondary N) is 1. The van der Waals surface area contributed by atoms with E-state index in [9.17, 15) is 9.18 Å². The fraction of sp³-hybridized carbons (Fsp3) is 0.235. The summed E-state index contributed by atoms with van der Waals surface area (Å²) < 4.78 is 18.6. The van der Waals surface area contributed by atoms with Crippen LogP contribution in [-0.2, 0) is 5.33 Å². The Labute approximate surface area is 156 Å². The minimum atomic E-state index is -0.323. The summed E-state index contributed by atoms with van der Waals surface area (Å²) in [6.45, 7) is 3.78. The van der Waals surface area contributed by atoms with Crippen LogP contribution in [-0.4, -0.2) is 22.1 Å². The van der Waals surface area contributed by atoms with Crippen LogP contribution in [0.3, 0.4) is 0 Å². The average Bonchev–Trinajstić information content (AvgIpc) is 3.21. The number of carbonyl (C=O) groups excluding carboxylic acids is 1. The first-order valence-corrected chi connectivity index (χ1v) is 9.57. The first kappa shape index (κ1) is 17.8. The molecule has 0 saturated heterocycles. The molecule has 1 N–H and O–H groups in total. The molecule has 130 valence electrons. The van der Waals surface area contributed by atoms with Gasteiger partial charge in [0.15, 0.2) is 5.76 Å². The first-order valence-electron chi connectivity index (χ1n) is 7.56. The Morgan fingerprint density at radius 1 is 1.36 bits per heavy atom. The van der Waals surface area contributed by atoms with Gasteiger partial charge >= 0.3 is 0 Å². The third-order valence-corrected chi connectivity index (χ3v) is 4.74. The van der Waals surface area contributed by atoms with E-state index in [2.05, 4.69) is 31.4 Å². The summed E-state index contributed by atoms with van der Waals surface area (Å²) in [4.78, 5) is 16.6. The van der Waals surface area contributed by atoms with Gasteiger partial charge in [0.2, 0.25) is 0 Å². The zero-order valence-electron chi connectivity index (χ0n) is 13.5. The fourth-order valence-electron chi connectivity index (χ4n) is 2.27. The molecule has 5 nitrogen and oxygen atoms in total. The summed E-state index contributed by atoms with van der Waals surface area (Å²) in [5, 5.41) is 9.70. The van der Waals surface area contributed by atoms with E-state index in [0.29, 0.717) is 33.0 Å². The van der Waals surface area contributed by atoms with Gasteiger partial charge in [-0.15, -0.1) is 11.3 Å². The number of hydrogen-bond donors (Lipinski definition) is 1. The van der Waals surface area contributed by atoms with Crippen molar-refractivity contribution < 1.29 is 13.7 Å². The molecular formula is C17H15BrFN3O2S. The number of halogens is 2. The van der Waals surface area contributed by atoms with Gasteiger partial charge in [-0.05, 0) is 38.1 Å². The summed E-state index contributed by atoms with van der Waals surface area (Å²) in [6.07, 6.45) is 0. The molecule has 0 aliphatic heterocycles. The lowest BCUT2D eigenvalue weighted by Gasteiger charge is -2.05. The van der Waals surface area contributed by atoms with Crippen LogP contribution < -0.4 is 5.32 Å². The van der Waals surface area contributed by atoms with Gasteiger partial charge < -0.3 is 9.84 Å². The Hall–Kier alpha value is -2.06. The zero-order valence-corrected chi connectivity index (χ0v) is 15.9. The number of carbonyl (C=O) groups is 1. The maximum absolute atomic E-state index is 13.2. The molecule has 0 saturated carbocycles. The SMILES string of the molecule is CC(C)NC(=O)c1csc(-c2c(-c3ccc(F)cc3)noc2CBr)n1. The molecule has 0 bridgehead atoms. The summed E-state index contributed by atoms with van der Waals surface area (Å²) in [6, 6.07) is 6.03. The molecule has 0 aliphatic carbocycles. The van der Waals surface area contributed by atoms with Crippen molar-refractivity contribution in [2.75, 3.05) is 0 Å². The maximum Gasteiger partial charge on any atom is 0.270 e. The van der Waals surface area contributed by atoms with Crippen LogP contribution in [0.2, 0.25) is 0 Å². The van der Waals surface area contributed by atoms with Gasteiger partial charge in [0.25, 0.3) is 5.91 Å². The van der Waals surface area contributed by atoms with Crippen molar-refractivity contribution in [1.29, 1.82) is 0 Å². The van der Waals surface area contributed by atoms with E-state index >= 15 is 0 Å². The third-order valence-electron chi connectivity index (χ3n) is 3.37. The molecule has 1 aromatic carbocycles. The van der Waals surface area contributed by atoms with Gasteiger partial charge in [0.1, 0.15) is 22.2 Å². The quantitative estimate of drug-likeness (QED) is 0.606. The van der Waals surface area contributed by atoms with E-state index in [0.717, 1.165) is 5.56 Å².